The molecule has 1 fully saturated rings. The third-order valence-electron chi connectivity index (χ3n) is 5.85. The number of allylic oxidation sites excluding steroid dienone is 4. The van der Waals surface area contributed by atoms with Crippen LogP contribution >= 0.6 is 0 Å². The van der Waals surface area contributed by atoms with Crippen LogP contribution in [0.4, 0.5) is 0 Å². The first kappa shape index (κ1) is 19.5. The van der Waals surface area contributed by atoms with E-state index in [1.165, 1.54) is 0 Å². The molecule has 152 valence electrons. The van der Waals surface area contributed by atoms with E-state index in [0.717, 1.165) is 54.3 Å². The average molecular weight is 392 g/mol. The maximum Gasteiger partial charge on any atom is 0.255 e. The van der Waals surface area contributed by atoms with E-state index in [1.807, 2.05) is 30.5 Å². The molecule has 29 heavy (non-hydrogen) atoms. The monoisotopic (exact) mass is 391 g/mol. The van der Waals surface area contributed by atoms with Gasteiger partial charge in [-0.2, -0.15) is 0 Å². The van der Waals surface area contributed by atoms with Gasteiger partial charge < -0.3 is 15.0 Å². The number of carbonyl (C=O) groups is 1. The Kier molecular flexibility index (Phi) is 5.58. The minimum Gasteiger partial charge on any atom is -0.497 e. The van der Waals surface area contributed by atoms with Crippen molar-refractivity contribution in [2.75, 3.05) is 26.7 Å². The molecule has 1 N–H and O–H groups in total. The van der Waals surface area contributed by atoms with E-state index in [1.54, 1.807) is 18.1 Å². The first-order chi connectivity index (χ1) is 14.0. The molecule has 5 heteroatoms. The highest BCUT2D eigenvalue weighted by Gasteiger charge is 2.25. The highest BCUT2D eigenvalue weighted by molar-refractivity contribution is 5.98. The molecule has 1 aromatic carbocycles. The first-order valence-electron chi connectivity index (χ1n) is 10.3. The number of benzene rings is 1. The lowest BCUT2D eigenvalue weighted by atomic mass is 9.89. The van der Waals surface area contributed by atoms with Crippen LogP contribution in [-0.2, 0) is 4.79 Å². The second-order valence-corrected chi connectivity index (χ2v) is 7.99. The van der Waals surface area contributed by atoms with Gasteiger partial charge in [-0.15, -0.1) is 0 Å². The van der Waals surface area contributed by atoms with Gasteiger partial charge >= 0.3 is 0 Å². The number of carbonyl (C=O) groups excluding carboxylic acids is 1. The van der Waals surface area contributed by atoms with E-state index in [9.17, 15) is 4.79 Å². The van der Waals surface area contributed by atoms with Gasteiger partial charge in [0.25, 0.3) is 5.91 Å². The van der Waals surface area contributed by atoms with Crippen LogP contribution in [-0.4, -0.2) is 48.5 Å². The molecule has 3 aliphatic rings. The fourth-order valence-electron chi connectivity index (χ4n) is 4.13. The number of piperazine rings is 1. The molecule has 1 saturated heterocycles. The smallest absolute Gasteiger partial charge is 0.255 e. The van der Waals surface area contributed by atoms with Gasteiger partial charge in [0.15, 0.2) is 0 Å². The molecule has 5 nitrogen and oxygen atoms in total. The fraction of sp³-hybridized carbons (Fsp3) is 0.375. The van der Waals surface area contributed by atoms with Crippen molar-refractivity contribution in [1.82, 2.24) is 15.1 Å². The molecule has 0 bridgehead atoms. The van der Waals surface area contributed by atoms with Crippen LogP contribution in [0.15, 0.2) is 66.2 Å². The molecule has 0 aromatic heterocycles. The lowest BCUT2D eigenvalue weighted by molar-refractivity contribution is -0.122. The van der Waals surface area contributed by atoms with Gasteiger partial charge in [-0.25, -0.2) is 0 Å². The van der Waals surface area contributed by atoms with E-state index in [0.29, 0.717) is 6.04 Å². The molecule has 4 rings (SSSR count). The summed E-state index contributed by atoms with van der Waals surface area (Å²) in [4.78, 5) is 17.4. The summed E-state index contributed by atoms with van der Waals surface area (Å²) in [6.45, 7) is 7.22. The molecular formula is C24H29N3O2. The Hall–Kier alpha value is -2.79. The number of methoxy groups -OCH3 is 1. The zero-order chi connectivity index (χ0) is 20.4. The molecule has 1 aromatic rings. The molecule has 1 amide bonds. The predicted molar refractivity (Wildman–Crippen MR) is 116 cm³/mol. The third kappa shape index (κ3) is 4.15. The molecule has 0 radical (unpaired) electrons. The third-order valence-corrected chi connectivity index (χ3v) is 5.85. The fourth-order valence-corrected chi connectivity index (χ4v) is 4.13. The van der Waals surface area contributed by atoms with E-state index < -0.39 is 0 Å². The van der Waals surface area contributed by atoms with Crippen LogP contribution in [0.1, 0.15) is 25.8 Å². The maximum absolute atomic E-state index is 13.2. The zero-order valence-corrected chi connectivity index (χ0v) is 17.4. The Morgan fingerprint density at radius 1 is 1.10 bits per heavy atom. The number of nitrogens with zero attached hydrogens (tertiary/aromatic N) is 2. The van der Waals surface area contributed by atoms with E-state index in [-0.39, 0.29) is 11.8 Å². The summed E-state index contributed by atoms with van der Waals surface area (Å²) >= 11 is 0. The summed E-state index contributed by atoms with van der Waals surface area (Å²) in [6, 6.07) is 8.39. The quantitative estimate of drug-likeness (QED) is 0.856. The molecule has 3 heterocycles. The second-order valence-electron chi connectivity index (χ2n) is 7.99. The Morgan fingerprint density at radius 2 is 1.86 bits per heavy atom. The van der Waals surface area contributed by atoms with Crippen LogP contribution in [0.3, 0.4) is 0 Å². The van der Waals surface area contributed by atoms with Crippen LogP contribution in [0.5, 0.6) is 5.75 Å². The van der Waals surface area contributed by atoms with E-state index in [2.05, 4.69) is 42.3 Å². The van der Waals surface area contributed by atoms with Gasteiger partial charge in [0.05, 0.1) is 12.8 Å². The van der Waals surface area contributed by atoms with Crippen molar-refractivity contribution in [3.63, 3.8) is 0 Å². The van der Waals surface area contributed by atoms with Crippen molar-refractivity contribution in [2.45, 2.75) is 26.3 Å². The second kappa shape index (κ2) is 8.29. The molecule has 3 aliphatic heterocycles. The Labute approximate surface area is 173 Å². The van der Waals surface area contributed by atoms with Crippen molar-refractivity contribution in [3.8, 4) is 5.75 Å². The summed E-state index contributed by atoms with van der Waals surface area (Å²) in [5.41, 5.74) is 4.18. The molecule has 0 spiro atoms. The van der Waals surface area contributed by atoms with Gasteiger partial charge in [0.1, 0.15) is 5.75 Å². The number of hydrogen-bond acceptors (Lipinski definition) is 4. The Bertz CT molecular complexity index is 895. The van der Waals surface area contributed by atoms with E-state index in [4.69, 9.17) is 4.74 Å². The molecule has 2 atom stereocenters. The summed E-state index contributed by atoms with van der Waals surface area (Å²) in [5, 5.41) is 3.47. The van der Waals surface area contributed by atoms with Crippen LogP contribution in [0.25, 0.3) is 5.57 Å². The highest BCUT2D eigenvalue weighted by atomic mass is 16.5. The Balaban J connectivity index is 1.63. The number of hydrogen-bond donors (Lipinski definition) is 1. The molecule has 2 unspecified atom stereocenters. The first-order valence-corrected chi connectivity index (χ1v) is 10.3. The summed E-state index contributed by atoms with van der Waals surface area (Å²) in [5.74, 6) is 1.08. The predicted octanol–water partition coefficient (Wildman–Crippen LogP) is 3.54. The maximum atomic E-state index is 13.2. The van der Waals surface area contributed by atoms with Gasteiger partial charge in [-0.1, -0.05) is 25.1 Å². The summed E-state index contributed by atoms with van der Waals surface area (Å²) < 4.78 is 5.27. The summed E-state index contributed by atoms with van der Waals surface area (Å²) in [7, 11) is 1.66. The lowest BCUT2D eigenvalue weighted by Gasteiger charge is -2.36. The van der Waals surface area contributed by atoms with Crippen molar-refractivity contribution >= 4 is 11.5 Å². The largest absolute Gasteiger partial charge is 0.497 e. The van der Waals surface area contributed by atoms with Gasteiger partial charge in [-0.3, -0.25) is 9.69 Å². The van der Waals surface area contributed by atoms with Crippen LogP contribution in [0.2, 0.25) is 0 Å². The SMILES string of the molecule is COc1ccc(C2=CC(=O)N3C=C(N4CCNC(C)C4)C=CC3=CCC2C)cc1. The zero-order valence-electron chi connectivity index (χ0n) is 17.4. The standard InChI is InChI=1S/C24H29N3O2/c1-17-4-7-20-8-9-21(26-13-12-25-18(2)15-26)16-27(20)24(28)14-23(17)19-5-10-22(29-3)11-6-19/h5-11,14,16-18,25H,4,12-13,15H2,1-3H3. The average Bonchev–Trinajstić information content (AvgIpc) is 2.75. The van der Waals surface area contributed by atoms with Crippen molar-refractivity contribution in [3.05, 3.63) is 71.7 Å². The molecular weight excluding hydrogens is 362 g/mol. The Morgan fingerprint density at radius 3 is 2.59 bits per heavy atom. The van der Waals surface area contributed by atoms with E-state index >= 15 is 0 Å². The van der Waals surface area contributed by atoms with Crippen molar-refractivity contribution < 1.29 is 9.53 Å². The van der Waals surface area contributed by atoms with Crippen LogP contribution < -0.4 is 10.1 Å². The minimum atomic E-state index is -0.00125. The minimum absolute atomic E-state index is 0.00125. The number of nitrogens with one attached hydrogen (secondary N) is 1. The highest BCUT2D eigenvalue weighted by Crippen LogP contribution is 2.32. The number of rotatable bonds is 3. The lowest BCUT2D eigenvalue weighted by Crippen LogP contribution is -2.48. The molecule has 0 aliphatic carbocycles. The topological polar surface area (TPSA) is 44.8 Å². The number of fused-ring (bicyclic) bond motifs is 1. The van der Waals surface area contributed by atoms with Crippen LogP contribution in [0, 0.1) is 5.92 Å². The normalized spacial score (nSPS) is 24.8. The van der Waals surface area contributed by atoms with Gasteiger partial charge in [-0.05, 0) is 54.7 Å². The van der Waals surface area contributed by atoms with Gasteiger partial charge in [0.2, 0.25) is 0 Å². The number of amides is 1. The summed E-state index contributed by atoms with van der Waals surface area (Å²) in [6.07, 6.45) is 11.0. The number of ether oxygens (including phenoxy) is 1. The van der Waals surface area contributed by atoms with Crippen molar-refractivity contribution in [1.29, 1.82) is 0 Å². The molecule has 0 saturated carbocycles. The van der Waals surface area contributed by atoms with Crippen molar-refractivity contribution in [2.24, 2.45) is 5.92 Å². The van der Waals surface area contributed by atoms with Gasteiger partial charge in [0, 0.05) is 43.6 Å².